The Morgan fingerprint density at radius 1 is 1.00 bits per heavy atom. The van der Waals surface area contributed by atoms with Gasteiger partial charge in [-0.1, -0.05) is 72.6 Å². The second-order valence-electron chi connectivity index (χ2n) is 9.63. The Hall–Kier alpha value is -0.980. The highest BCUT2D eigenvalue weighted by Gasteiger charge is 2.47. The van der Waals surface area contributed by atoms with Crippen molar-refractivity contribution in [2.75, 3.05) is 11.4 Å². The Kier molecular flexibility index (Phi) is 6.28. The summed E-state index contributed by atoms with van der Waals surface area (Å²) in [5.74, 6) is 1.13. The second-order valence-corrected chi connectivity index (χ2v) is 9.63. The molecule has 0 saturated carbocycles. The standard InChI is InChI=1S/C24H41N/c1-9-11-15-24(10-2)16-23(7,8)25(17-24)22-20(18(3)4)13-12-14-21(22)19(5)6/h12-14,18-19H,9-11,15-17H2,1-8H3. The monoisotopic (exact) mass is 343 g/mol. The molecule has 1 nitrogen and oxygen atoms in total. The van der Waals surface area contributed by atoms with Crippen molar-refractivity contribution in [1.82, 2.24) is 0 Å². The fourth-order valence-corrected chi connectivity index (χ4v) is 4.96. The molecular weight excluding hydrogens is 302 g/mol. The van der Waals surface area contributed by atoms with Crippen molar-refractivity contribution >= 4 is 5.69 Å². The van der Waals surface area contributed by atoms with Crippen LogP contribution in [0, 0.1) is 5.41 Å². The molecule has 1 atom stereocenters. The minimum absolute atomic E-state index is 0.235. The molecule has 1 heteroatoms. The summed E-state index contributed by atoms with van der Waals surface area (Å²) in [6, 6.07) is 6.99. The molecule has 1 saturated heterocycles. The number of benzene rings is 1. The first kappa shape index (κ1) is 20.3. The van der Waals surface area contributed by atoms with Gasteiger partial charge in [0.25, 0.3) is 0 Å². The molecule has 0 spiro atoms. The van der Waals surface area contributed by atoms with E-state index in [4.69, 9.17) is 0 Å². The van der Waals surface area contributed by atoms with Crippen LogP contribution < -0.4 is 4.90 Å². The lowest BCUT2D eigenvalue weighted by atomic mass is 9.76. The zero-order valence-corrected chi connectivity index (χ0v) is 18.1. The molecule has 2 rings (SSSR count). The van der Waals surface area contributed by atoms with E-state index in [9.17, 15) is 0 Å². The number of unbranched alkanes of at least 4 members (excludes halogenated alkanes) is 1. The van der Waals surface area contributed by atoms with E-state index in [1.54, 1.807) is 5.69 Å². The molecule has 0 bridgehead atoms. The number of anilines is 1. The fourth-order valence-electron chi connectivity index (χ4n) is 4.96. The third-order valence-electron chi connectivity index (χ3n) is 6.45. The SMILES string of the molecule is CCCCC1(CC)CN(c2c(C(C)C)cccc2C(C)C)C(C)(C)C1. The van der Waals surface area contributed by atoms with Crippen molar-refractivity contribution in [1.29, 1.82) is 0 Å². The Morgan fingerprint density at radius 2 is 1.56 bits per heavy atom. The van der Waals surface area contributed by atoms with Gasteiger partial charge in [-0.25, -0.2) is 0 Å². The van der Waals surface area contributed by atoms with Crippen LogP contribution in [-0.2, 0) is 0 Å². The second kappa shape index (κ2) is 7.72. The Balaban J connectivity index is 2.53. The molecule has 1 aliphatic rings. The molecule has 1 aliphatic heterocycles. The Labute approximate surface area is 157 Å². The summed E-state index contributed by atoms with van der Waals surface area (Å²) in [6.07, 6.45) is 6.66. The molecule has 0 amide bonds. The van der Waals surface area contributed by atoms with Gasteiger partial charge < -0.3 is 4.90 Å². The summed E-state index contributed by atoms with van der Waals surface area (Å²) in [5.41, 5.74) is 5.32. The van der Waals surface area contributed by atoms with E-state index in [0.717, 1.165) is 0 Å². The van der Waals surface area contributed by atoms with E-state index >= 15 is 0 Å². The van der Waals surface area contributed by atoms with Crippen LogP contribution in [0.1, 0.15) is 110 Å². The predicted molar refractivity (Wildman–Crippen MR) is 113 cm³/mol. The Morgan fingerprint density at radius 3 is 2.00 bits per heavy atom. The molecule has 0 aliphatic carbocycles. The van der Waals surface area contributed by atoms with Gasteiger partial charge >= 0.3 is 0 Å². The molecule has 1 fully saturated rings. The largest absolute Gasteiger partial charge is 0.365 e. The van der Waals surface area contributed by atoms with Crippen molar-refractivity contribution in [3.63, 3.8) is 0 Å². The van der Waals surface area contributed by atoms with Crippen LogP contribution in [0.4, 0.5) is 5.69 Å². The maximum Gasteiger partial charge on any atom is 0.0441 e. The molecule has 1 unspecified atom stereocenters. The first-order valence-electron chi connectivity index (χ1n) is 10.6. The van der Waals surface area contributed by atoms with Gasteiger partial charge in [-0.15, -0.1) is 0 Å². The lowest BCUT2D eigenvalue weighted by molar-refractivity contribution is 0.257. The van der Waals surface area contributed by atoms with Crippen molar-refractivity contribution < 1.29 is 0 Å². The van der Waals surface area contributed by atoms with Gasteiger partial charge in [0.05, 0.1) is 0 Å². The number of para-hydroxylation sites is 1. The van der Waals surface area contributed by atoms with Crippen LogP contribution in [0.5, 0.6) is 0 Å². The van der Waals surface area contributed by atoms with Crippen molar-refractivity contribution in [3.05, 3.63) is 29.3 Å². The minimum atomic E-state index is 0.235. The lowest BCUT2D eigenvalue weighted by Gasteiger charge is -2.38. The summed E-state index contributed by atoms with van der Waals surface area (Å²) < 4.78 is 0. The third kappa shape index (κ3) is 4.07. The van der Waals surface area contributed by atoms with Crippen LogP contribution in [0.15, 0.2) is 18.2 Å². The number of nitrogens with zero attached hydrogens (tertiary/aromatic N) is 1. The summed E-state index contributed by atoms with van der Waals surface area (Å²) in [5, 5.41) is 0. The van der Waals surface area contributed by atoms with Gasteiger partial charge in [0.15, 0.2) is 0 Å². The first-order valence-corrected chi connectivity index (χ1v) is 10.6. The normalized spacial score (nSPS) is 23.0. The van der Waals surface area contributed by atoms with Gasteiger partial charge in [0.1, 0.15) is 0 Å². The fraction of sp³-hybridized carbons (Fsp3) is 0.750. The van der Waals surface area contributed by atoms with E-state index in [0.29, 0.717) is 17.3 Å². The zero-order valence-electron chi connectivity index (χ0n) is 18.1. The summed E-state index contributed by atoms with van der Waals surface area (Å²) >= 11 is 0. The maximum atomic E-state index is 2.79. The van der Waals surface area contributed by atoms with Gasteiger partial charge in [0.2, 0.25) is 0 Å². The highest BCUT2D eigenvalue weighted by Crippen LogP contribution is 2.51. The summed E-state index contributed by atoms with van der Waals surface area (Å²) in [4.78, 5) is 2.79. The van der Waals surface area contributed by atoms with E-state index < -0.39 is 0 Å². The topological polar surface area (TPSA) is 3.24 Å². The highest BCUT2D eigenvalue weighted by molar-refractivity contribution is 5.64. The molecule has 0 aromatic heterocycles. The van der Waals surface area contributed by atoms with Gasteiger partial charge in [-0.05, 0) is 61.5 Å². The van der Waals surface area contributed by atoms with E-state index in [1.165, 1.54) is 49.8 Å². The van der Waals surface area contributed by atoms with Crippen LogP contribution in [-0.4, -0.2) is 12.1 Å². The summed E-state index contributed by atoms with van der Waals surface area (Å²) in [6.45, 7) is 20.3. The van der Waals surface area contributed by atoms with Crippen molar-refractivity contribution in [3.8, 4) is 0 Å². The summed E-state index contributed by atoms with van der Waals surface area (Å²) in [7, 11) is 0. The maximum absolute atomic E-state index is 2.79. The number of hydrogen-bond acceptors (Lipinski definition) is 1. The molecule has 1 heterocycles. The molecule has 0 radical (unpaired) electrons. The smallest absolute Gasteiger partial charge is 0.0441 e. The minimum Gasteiger partial charge on any atom is -0.365 e. The molecule has 142 valence electrons. The number of rotatable bonds is 7. The van der Waals surface area contributed by atoms with Crippen molar-refractivity contribution in [2.45, 2.75) is 105 Å². The van der Waals surface area contributed by atoms with Crippen molar-refractivity contribution in [2.24, 2.45) is 5.41 Å². The van der Waals surface area contributed by atoms with Crippen LogP contribution in [0.25, 0.3) is 0 Å². The van der Waals surface area contributed by atoms with Crippen LogP contribution in [0.3, 0.4) is 0 Å². The molecule has 25 heavy (non-hydrogen) atoms. The van der Waals surface area contributed by atoms with Gasteiger partial charge in [-0.2, -0.15) is 0 Å². The number of hydrogen-bond donors (Lipinski definition) is 0. The van der Waals surface area contributed by atoms with E-state index in [-0.39, 0.29) is 5.54 Å². The molecule has 1 aromatic carbocycles. The molecule has 1 aromatic rings. The zero-order chi connectivity index (χ0) is 18.8. The van der Waals surface area contributed by atoms with E-state index in [1.807, 2.05) is 0 Å². The predicted octanol–water partition coefficient (Wildman–Crippen LogP) is 7.51. The van der Waals surface area contributed by atoms with Crippen LogP contribution in [0.2, 0.25) is 0 Å². The molecule has 0 N–H and O–H groups in total. The quantitative estimate of drug-likeness (QED) is 0.495. The van der Waals surface area contributed by atoms with Gasteiger partial charge in [-0.3, -0.25) is 0 Å². The third-order valence-corrected chi connectivity index (χ3v) is 6.45. The lowest BCUT2D eigenvalue weighted by Crippen LogP contribution is -2.39. The first-order chi connectivity index (χ1) is 11.7. The van der Waals surface area contributed by atoms with Gasteiger partial charge in [0, 0.05) is 17.8 Å². The Bertz CT molecular complexity index is 543. The van der Waals surface area contributed by atoms with Crippen LogP contribution >= 0.6 is 0 Å². The highest BCUT2D eigenvalue weighted by atomic mass is 15.2. The van der Waals surface area contributed by atoms with E-state index in [2.05, 4.69) is 78.5 Å². The average molecular weight is 344 g/mol. The average Bonchev–Trinajstić information content (AvgIpc) is 2.83. The molecular formula is C24H41N.